The van der Waals surface area contributed by atoms with Crippen molar-refractivity contribution >= 4 is 56.8 Å². The van der Waals surface area contributed by atoms with Gasteiger partial charge in [0.15, 0.2) is 0 Å². The number of benzene rings is 1. The predicted molar refractivity (Wildman–Crippen MR) is 87.3 cm³/mol. The Kier molecular flexibility index (Phi) is 6.77. The fourth-order valence-electron chi connectivity index (χ4n) is 1.86. The number of anilines is 1. The summed E-state index contributed by atoms with van der Waals surface area (Å²) >= 11 is 15.3. The van der Waals surface area contributed by atoms with Gasteiger partial charge in [-0.15, -0.1) is 0 Å². The minimum absolute atomic E-state index is 0.136. The van der Waals surface area contributed by atoms with E-state index in [4.69, 9.17) is 28.3 Å². The largest absolute Gasteiger partial charge is 0.481 e. The number of carboxylic acids is 1. The SMILES string of the molecule is CCN(C(=O)Nc1c(Cl)cc(Br)cc1Cl)C(C)CC(=O)O. The Bertz CT molecular complexity index is 531. The van der Waals surface area contributed by atoms with Crippen LogP contribution in [0.25, 0.3) is 0 Å². The standard InChI is InChI=1S/C13H15BrCl2N2O3/c1-3-18(7(2)4-11(19)20)13(21)17-12-9(15)5-8(14)6-10(12)16/h5-7H,3-4H2,1-2H3,(H,17,21)(H,19,20). The Morgan fingerprint density at radius 1 is 1.38 bits per heavy atom. The van der Waals surface area contributed by atoms with Gasteiger partial charge in [-0.3, -0.25) is 4.79 Å². The van der Waals surface area contributed by atoms with E-state index in [0.717, 1.165) is 0 Å². The molecule has 1 unspecified atom stereocenters. The first-order valence-corrected chi connectivity index (χ1v) is 7.75. The zero-order valence-corrected chi connectivity index (χ0v) is 14.6. The van der Waals surface area contributed by atoms with Crippen LogP contribution in [0.15, 0.2) is 16.6 Å². The van der Waals surface area contributed by atoms with Gasteiger partial charge in [-0.1, -0.05) is 39.1 Å². The van der Waals surface area contributed by atoms with E-state index in [2.05, 4.69) is 21.2 Å². The van der Waals surface area contributed by atoms with E-state index in [1.165, 1.54) is 4.90 Å². The first kappa shape index (κ1) is 18.1. The molecule has 0 fully saturated rings. The van der Waals surface area contributed by atoms with Crippen LogP contribution in [-0.2, 0) is 4.79 Å². The van der Waals surface area contributed by atoms with Gasteiger partial charge in [-0.2, -0.15) is 0 Å². The van der Waals surface area contributed by atoms with Crippen LogP contribution in [0, 0.1) is 0 Å². The Balaban J connectivity index is 2.91. The number of hydrogen-bond acceptors (Lipinski definition) is 2. The van der Waals surface area contributed by atoms with Crippen molar-refractivity contribution in [3.8, 4) is 0 Å². The number of halogens is 3. The average Bonchev–Trinajstić information content (AvgIpc) is 2.33. The zero-order chi connectivity index (χ0) is 16.2. The summed E-state index contributed by atoms with van der Waals surface area (Å²) in [6.45, 7) is 3.80. The van der Waals surface area contributed by atoms with E-state index in [-0.39, 0.29) is 6.42 Å². The van der Waals surface area contributed by atoms with Gasteiger partial charge in [0.1, 0.15) is 0 Å². The maximum atomic E-state index is 12.2. The van der Waals surface area contributed by atoms with Crippen LogP contribution in [0.1, 0.15) is 20.3 Å². The molecule has 0 spiro atoms. The third-order valence-corrected chi connectivity index (χ3v) is 3.90. The molecular formula is C13H15BrCl2N2O3. The van der Waals surface area contributed by atoms with Crippen molar-refractivity contribution in [1.29, 1.82) is 0 Å². The van der Waals surface area contributed by atoms with Crippen molar-refractivity contribution in [2.45, 2.75) is 26.3 Å². The minimum atomic E-state index is -0.964. The molecule has 116 valence electrons. The van der Waals surface area contributed by atoms with Crippen molar-refractivity contribution in [3.63, 3.8) is 0 Å². The van der Waals surface area contributed by atoms with E-state index >= 15 is 0 Å². The zero-order valence-electron chi connectivity index (χ0n) is 11.5. The van der Waals surface area contributed by atoms with Gasteiger partial charge in [0.05, 0.1) is 22.2 Å². The van der Waals surface area contributed by atoms with E-state index in [9.17, 15) is 9.59 Å². The van der Waals surface area contributed by atoms with Crippen LogP contribution in [-0.4, -0.2) is 34.6 Å². The first-order chi connectivity index (χ1) is 9.76. The van der Waals surface area contributed by atoms with E-state index in [1.807, 2.05) is 0 Å². The molecule has 8 heteroatoms. The van der Waals surface area contributed by atoms with Crippen molar-refractivity contribution in [2.24, 2.45) is 0 Å². The minimum Gasteiger partial charge on any atom is -0.481 e. The van der Waals surface area contributed by atoms with Crippen molar-refractivity contribution in [1.82, 2.24) is 4.90 Å². The topological polar surface area (TPSA) is 69.6 Å². The summed E-state index contributed by atoms with van der Waals surface area (Å²) in [6.07, 6.45) is -0.136. The van der Waals surface area contributed by atoms with Crippen molar-refractivity contribution in [2.75, 3.05) is 11.9 Å². The van der Waals surface area contributed by atoms with Crippen LogP contribution in [0.4, 0.5) is 10.5 Å². The third kappa shape index (κ3) is 5.05. The maximum absolute atomic E-state index is 12.2. The number of aliphatic carboxylic acids is 1. The molecule has 1 atom stereocenters. The van der Waals surface area contributed by atoms with Crippen molar-refractivity contribution in [3.05, 3.63) is 26.7 Å². The Labute approximate surface area is 141 Å². The lowest BCUT2D eigenvalue weighted by atomic mass is 10.2. The average molecular weight is 398 g/mol. The van der Waals surface area contributed by atoms with E-state index in [1.54, 1.807) is 26.0 Å². The second-order valence-corrected chi connectivity index (χ2v) is 6.14. The molecule has 2 N–H and O–H groups in total. The van der Waals surface area contributed by atoms with Gasteiger partial charge in [0.2, 0.25) is 0 Å². The molecule has 0 saturated heterocycles. The Hall–Kier alpha value is -0.980. The highest BCUT2D eigenvalue weighted by Crippen LogP contribution is 2.34. The summed E-state index contributed by atoms with van der Waals surface area (Å²) in [7, 11) is 0. The summed E-state index contributed by atoms with van der Waals surface area (Å²) in [5.41, 5.74) is 0.299. The van der Waals surface area contributed by atoms with Crippen LogP contribution >= 0.6 is 39.1 Å². The number of carboxylic acid groups (broad SMARTS) is 1. The number of hydrogen-bond donors (Lipinski definition) is 2. The molecule has 0 aliphatic rings. The summed E-state index contributed by atoms with van der Waals surface area (Å²) in [4.78, 5) is 24.4. The highest BCUT2D eigenvalue weighted by Gasteiger charge is 2.22. The van der Waals surface area contributed by atoms with Gasteiger partial charge in [-0.25, -0.2) is 4.79 Å². The third-order valence-electron chi connectivity index (χ3n) is 2.84. The smallest absolute Gasteiger partial charge is 0.322 e. The molecule has 1 rings (SSSR count). The molecule has 21 heavy (non-hydrogen) atoms. The highest BCUT2D eigenvalue weighted by atomic mass is 79.9. The molecule has 1 aromatic carbocycles. The number of urea groups is 1. The summed E-state index contributed by atoms with van der Waals surface area (Å²) in [5.74, 6) is -0.964. The molecule has 0 heterocycles. The summed E-state index contributed by atoms with van der Waals surface area (Å²) in [5, 5.41) is 12.0. The second-order valence-electron chi connectivity index (χ2n) is 4.41. The van der Waals surface area contributed by atoms with Crippen molar-refractivity contribution < 1.29 is 14.7 Å². The molecular weight excluding hydrogens is 383 g/mol. The number of carbonyl (C=O) groups excluding carboxylic acids is 1. The molecule has 5 nitrogen and oxygen atoms in total. The number of rotatable bonds is 5. The number of nitrogens with one attached hydrogen (secondary N) is 1. The molecule has 0 saturated carbocycles. The molecule has 2 amide bonds. The predicted octanol–water partition coefficient (Wildman–Crippen LogP) is 4.47. The quantitative estimate of drug-likeness (QED) is 0.769. The van der Waals surface area contributed by atoms with Crippen LogP contribution in [0.3, 0.4) is 0 Å². The molecule has 0 aliphatic heterocycles. The fourth-order valence-corrected chi connectivity index (χ4v) is 3.16. The lowest BCUT2D eigenvalue weighted by Crippen LogP contribution is -2.42. The molecule has 0 aromatic heterocycles. The van der Waals surface area contributed by atoms with Gasteiger partial charge < -0.3 is 15.3 Å². The number of carbonyl (C=O) groups is 2. The molecule has 0 aliphatic carbocycles. The lowest BCUT2D eigenvalue weighted by Gasteiger charge is -2.27. The van der Waals surface area contributed by atoms with Gasteiger partial charge in [0.25, 0.3) is 0 Å². The normalized spacial score (nSPS) is 11.9. The second kappa shape index (κ2) is 7.87. The van der Waals surface area contributed by atoms with Gasteiger partial charge in [-0.05, 0) is 26.0 Å². The summed E-state index contributed by atoms with van der Waals surface area (Å²) < 4.78 is 0.696. The first-order valence-electron chi connectivity index (χ1n) is 6.20. The molecule has 1 aromatic rings. The summed E-state index contributed by atoms with van der Waals surface area (Å²) in [6, 6.07) is 2.33. The molecule has 0 radical (unpaired) electrons. The van der Waals surface area contributed by atoms with Crippen LogP contribution < -0.4 is 5.32 Å². The van der Waals surface area contributed by atoms with Crippen LogP contribution in [0.2, 0.25) is 10.0 Å². The lowest BCUT2D eigenvalue weighted by molar-refractivity contribution is -0.137. The Morgan fingerprint density at radius 3 is 2.33 bits per heavy atom. The highest BCUT2D eigenvalue weighted by molar-refractivity contribution is 9.10. The van der Waals surface area contributed by atoms with E-state index in [0.29, 0.717) is 26.8 Å². The van der Waals surface area contributed by atoms with Crippen LogP contribution in [0.5, 0.6) is 0 Å². The monoisotopic (exact) mass is 396 g/mol. The number of amides is 2. The Morgan fingerprint density at radius 2 is 1.90 bits per heavy atom. The van der Waals surface area contributed by atoms with Gasteiger partial charge in [0, 0.05) is 17.1 Å². The molecule has 0 bridgehead atoms. The van der Waals surface area contributed by atoms with E-state index < -0.39 is 18.0 Å². The maximum Gasteiger partial charge on any atom is 0.322 e. The number of nitrogens with zero attached hydrogens (tertiary/aromatic N) is 1. The van der Waals surface area contributed by atoms with Gasteiger partial charge >= 0.3 is 12.0 Å². The fraction of sp³-hybridized carbons (Fsp3) is 0.385.